The van der Waals surface area contributed by atoms with Crippen LogP contribution in [0.25, 0.3) is 0 Å². The van der Waals surface area contributed by atoms with Crippen molar-refractivity contribution in [3.8, 4) is 5.75 Å². The highest BCUT2D eigenvalue weighted by molar-refractivity contribution is 5.77. The summed E-state index contributed by atoms with van der Waals surface area (Å²) in [5.74, 6) is 0.652. The summed E-state index contributed by atoms with van der Waals surface area (Å²) in [5.41, 5.74) is 5.59. The summed E-state index contributed by atoms with van der Waals surface area (Å²) >= 11 is 0. The number of aliphatic hydroxyl groups excluding tert-OH is 2. The fraction of sp³-hybridized carbons (Fsp3) is 0.217. The van der Waals surface area contributed by atoms with E-state index >= 15 is 0 Å². The summed E-state index contributed by atoms with van der Waals surface area (Å²) in [6, 6.07) is 24.5. The lowest BCUT2D eigenvalue weighted by atomic mass is 10.1. The first-order valence-corrected chi connectivity index (χ1v) is 9.02. The molecule has 0 saturated heterocycles. The standard InChI is InChI=1S/C23H25NO3/c1-17-5-3-7-20(13-17)24(21-8-4-6-18(2)14-21)19-9-11-23(12-10-19)27-16-22(26)15-25/h3-14,22,25-26H,15-16H2,1-2H3. The molecule has 0 aliphatic rings. The lowest BCUT2D eigenvalue weighted by Gasteiger charge is -2.26. The van der Waals surface area contributed by atoms with Gasteiger partial charge in [0.15, 0.2) is 0 Å². The predicted octanol–water partition coefficient (Wildman–Crippen LogP) is 4.51. The lowest BCUT2D eigenvalue weighted by Crippen LogP contribution is -2.21. The molecular weight excluding hydrogens is 338 g/mol. The second-order valence-corrected chi connectivity index (χ2v) is 6.65. The summed E-state index contributed by atoms with van der Waals surface area (Å²) < 4.78 is 5.51. The fourth-order valence-electron chi connectivity index (χ4n) is 2.92. The van der Waals surface area contributed by atoms with Crippen LogP contribution in [-0.4, -0.2) is 29.5 Å². The van der Waals surface area contributed by atoms with E-state index in [4.69, 9.17) is 9.84 Å². The largest absolute Gasteiger partial charge is 0.491 e. The number of hydrogen-bond donors (Lipinski definition) is 2. The molecule has 0 aromatic heterocycles. The average Bonchev–Trinajstić information content (AvgIpc) is 2.67. The first-order chi connectivity index (χ1) is 13.1. The Morgan fingerprint density at radius 1 is 0.815 bits per heavy atom. The second-order valence-electron chi connectivity index (χ2n) is 6.65. The zero-order valence-electron chi connectivity index (χ0n) is 15.7. The van der Waals surface area contributed by atoms with Gasteiger partial charge in [0.25, 0.3) is 0 Å². The third-order valence-corrected chi connectivity index (χ3v) is 4.27. The summed E-state index contributed by atoms with van der Waals surface area (Å²) in [7, 11) is 0. The molecule has 0 amide bonds. The van der Waals surface area contributed by atoms with Crippen molar-refractivity contribution in [2.75, 3.05) is 18.1 Å². The van der Waals surface area contributed by atoms with E-state index < -0.39 is 6.10 Å². The smallest absolute Gasteiger partial charge is 0.119 e. The minimum absolute atomic E-state index is 0.0648. The molecule has 0 heterocycles. The summed E-state index contributed by atoms with van der Waals surface area (Å²) in [5, 5.41) is 18.3. The van der Waals surface area contributed by atoms with Crippen LogP contribution in [0.1, 0.15) is 11.1 Å². The van der Waals surface area contributed by atoms with Gasteiger partial charge in [0.1, 0.15) is 18.5 Å². The molecule has 3 aromatic carbocycles. The third kappa shape index (κ3) is 4.88. The van der Waals surface area contributed by atoms with Crippen LogP contribution in [-0.2, 0) is 0 Å². The number of hydrogen-bond acceptors (Lipinski definition) is 4. The van der Waals surface area contributed by atoms with Crippen LogP contribution < -0.4 is 9.64 Å². The average molecular weight is 363 g/mol. The molecule has 2 N–H and O–H groups in total. The van der Waals surface area contributed by atoms with Gasteiger partial charge in [0, 0.05) is 17.1 Å². The Hall–Kier alpha value is -2.82. The van der Waals surface area contributed by atoms with Gasteiger partial charge in [-0.3, -0.25) is 0 Å². The molecule has 140 valence electrons. The van der Waals surface area contributed by atoms with Crippen molar-refractivity contribution in [3.63, 3.8) is 0 Å². The molecule has 27 heavy (non-hydrogen) atoms. The Labute approximate surface area is 160 Å². The maximum atomic E-state index is 9.43. The van der Waals surface area contributed by atoms with Crippen molar-refractivity contribution < 1.29 is 14.9 Å². The highest BCUT2D eigenvalue weighted by Crippen LogP contribution is 2.35. The molecule has 1 unspecified atom stereocenters. The van der Waals surface area contributed by atoms with Gasteiger partial charge >= 0.3 is 0 Å². The third-order valence-electron chi connectivity index (χ3n) is 4.27. The molecule has 0 aliphatic carbocycles. The highest BCUT2D eigenvalue weighted by atomic mass is 16.5. The quantitative estimate of drug-likeness (QED) is 0.649. The van der Waals surface area contributed by atoms with Gasteiger partial charge in [-0.05, 0) is 73.5 Å². The van der Waals surface area contributed by atoms with Crippen LogP contribution in [0.15, 0.2) is 72.8 Å². The molecule has 0 saturated carbocycles. The van der Waals surface area contributed by atoms with Gasteiger partial charge < -0.3 is 19.8 Å². The van der Waals surface area contributed by atoms with Crippen LogP contribution in [0.4, 0.5) is 17.1 Å². The number of nitrogens with zero attached hydrogens (tertiary/aromatic N) is 1. The number of benzene rings is 3. The van der Waals surface area contributed by atoms with E-state index in [2.05, 4.69) is 67.3 Å². The Bertz CT molecular complexity index is 831. The van der Waals surface area contributed by atoms with Gasteiger partial charge in [-0.25, -0.2) is 0 Å². The zero-order valence-corrected chi connectivity index (χ0v) is 15.7. The van der Waals surface area contributed by atoms with Crippen molar-refractivity contribution >= 4 is 17.1 Å². The lowest BCUT2D eigenvalue weighted by molar-refractivity contribution is 0.0536. The van der Waals surface area contributed by atoms with Gasteiger partial charge in [-0.1, -0.05) is 24.3 Å². The molecule has 3 rings (SSSR count). The van der Waals surface area contributed by atoms with E-state index in [1.54, 1.807) is 0 Å². The Morgan fingerprint density at radius 2 is 1.37 bits per heavy atom. The Kier molecular flexibility index (Phi) is 6.12. The number of aryl methyl sites for hydroxylation is 2. The SMILES string of the molecule is Cc1cccc(N(c2ccc(OCC(O)CO)cc2)c2cccc(C)c2)c1. The van der Waals surface area contributed by atoms with Crippen LogP contribution in [0.2, 0.25) is 0 Å². The molecular formula is C23H25NO3. The van der Waals surface area contributed by atoms with E-state index in [9.17, 15) is 5.11 Å². The van der Waals surface area contributed by atoms with Crippen molar-refractivity contribution in [1.29, 1.82) is 0 Å². The number of ether oxygens (including phenoxy) is 1. The first kappa shape index (κ1) is 19.0. The molecule has 0 bridgehead atoms. The van der Waals surface area contributed by atoms with Crippen molar-refractivity contribution in [2.24, 2.45) is 0 Å². The Balaban J connectivity index is 1.93. The summed E-state index contributed by atoms with van der Waals surface area (Å²) in [6.07, 6.45) is -0.874. The summed E-state index contributed by atoms with van der Waals surface area (Å²) in [6.45, 7) is 3.92. The van der Waals surface area contributed by atoms with Gasteiger partial charge in [0.05, 0.1) is 6.61 Å². The maximum absolute atomic E-state index is 9.43. The molecule has 0 radical (unpaired) electrons. The van der Waals surface area contributed by atoms with Crippen molar-refractivity contribution in [1.82, 2.24) is 0 Å². The van der Waals surface area contributed by atoms with E-state index in [-0.39, 0.29) is 13.2 Å². The van der Waals surface area contributed by atoms with E-state index in [1.807, 2.05) is 24.3 Å². The molecule has 4 heteroatoms. The van der Waals surface area contributed by atoms with E-state index in [0.29, 0.717) is 5.75 Å². The monoisotopic (exact) mass is 363 g/mol. The molecule has 0 fully saturated rings. The first-order valence-electron chi connectivity index (χ1n) is 9.02. The molecule has 1 atom stereocenters. The maximum Gasteiger partial charge on any atom is 0.119 e. The van der Waals surface area contributed by atoms with Crippen LogP contribution in [0.3, 0.4) is 0 Å². The van der Waals surface area contributed by atoms with Crippen LogP contribution in [0.5, 0.6) is 5.75 Å². The predicted molar refractivity (Wildman–Crippen MR) is 109 cm³/mol. The van der Waals surface area contributed by atoms with E-state index in [0.717, 1.165) is 17.1 Å². The van der Waals surface area contributed by atoms with Crippen molar-refractivity contribution in [2.45, 2.75) is 20.0 Å². The van der Waals surface area contributed by atoms with Crippen molar-refractivity contribution in [3.05, 3.63) is 83.9 Å². The van der Waals surface area contributed by atoms with E-state index in [1.165, 1.54) is 11.1 Å². The second kappa shape index (κ2) is 8.71. The fourth-order valence-corrected chi connectivity index (χ4v) is 2.92. The number of aliphatic hydroxyl groups is 2. The molecule has 0 aliphatic heterocycles. The van der Waals surface area contributed by atoms with Gasteiger partial charge in [0.2, 0.25) is 0 Å². The van der Waals surface area contributed by atoms with Crippen LogP contribution in [0, 0.1) is 13.8 Å². The number of anilines is 3. The topological polar surface area (TPSA) is 52.9 Å². The van der Waals surface area contributed by atoms with Crippen LogP contribution >= 0.6 is 0 Å². The minimum Gasteiger partial charge on any atom is -0.491 e. The van der Waals surface area contributed by atoms with Gasteiger partial charge in [-0.15, -0.1) is 0 Å². The molecule has 4 nitrogen and oxygen atoms in total. The minimum atomic E-state index is -0.874. The highest BCUT2D eigenvalue weighted by Gasteiger charge is 2.13. The summed E-state index contributed by atoms with van der Waals surface area (Å²) in [4.78, 5) is 2.20. The molecule has 0 spiro atoms. The number of rotatable bonds is 7. The molecule has 3 aromatic rings. The Morgan fingerprint density at radius 3 is 1.85 bits per heavy atom. The van der Waals surface area contributed by atoms with Gasteiger partial charge in [-0.2, -0.15) is 0 Å². The normalized spacial score (nSPS) is 11.9. The zero-order chi connectivity index (χ0) is 19.2.